The van der Waals surface area contributed by atoms with Crippen molar-refractivity contribution < 1.29 is 0 Å². The largest absolute Gasteiger partial charge is 0.192 e. The van der Waals surface area contributed by atoms with Gasteiger partial charge in [0.25, 0.3) is 0 Å². The lowest BCUT2D eigenvalue weighted by Crippen LogP contribution is -2.10. The van der Waals surface area contributed by atoms with Gasteiger partial charge in [0, 0.05) is 11.7 Å². The third-order valence-electron chi connectivity index (χ3n) is 3.89. The standard InChI is InChI=1S/C18H14ClNS/c1-11(2)17-13-8-7-12(9-20)18(19)15(13)10-21-16-6-4-3-5-14(16)17/h3,5,7-8,11,17H,10H2,1-2H3. The molecule has 0 aromatic heterocycles. The lowest BCUT2D eigenvalue weighted by Gasteiger charge is -2.23. The molecule has 1 heterocycles. The molecule has 1 unspecified atom stereocenters. The fraction of sp³-hybridized carbons (Fsp3) is 0.278. The van der Waals surface area contributed by atoms with Gasteiger partial charge in [-0.1, -0.05) is 43.6 Å². The first-order chi connectivity index (χ1) is 10.1. The molecule has 0 saturated carbocycles. The number of halogens is 1. The van der Waals surface area contributed by atoms with Gasteiger partial charge in [0.2, 0.25) is 0 Å². The van der Waals surface area contributed by atoms with Gasteiger partial charge in [-0.3, -0.25) is 0 Å². The molecular formula is C18H14ClNS. The van der Waals surface area contributed by atoms with Gasteiger partial charge in [-0.2, -0.15) is 5.26 Å². The second-order valence-electron chi connectivity index (χ2n) is 5.50. The summed E-state index contributed by atoms with van der Waals surface area (Å²) in [6, 6.07) is 16.4. The van der Waals surface area contributed by atoms with E-state index in [2.05, 4.69) is 44.2 Å². The van der Waals surface area contributed by atoms with E-state index in [1.54, 1.807) is 11.8 Å². The van der Waals surface area contributed by atoms with E-state index in [1.807, 2.05) is 12.1 Å². The molecule has 1 aliphatic rings. The molecule has 1 atom stereocenters. The highest BCUT2D eigenvalue weighted by molar-refractivity contribution is 7.98. The summed E-state index contributed by atoms with van der Waals surface area (Å²) in [6.45, 7) is 4.44. The van der Waals surface area contributed by atoms with Crippen LogP contribution in [-0.4, -0.2) is 0 Å². The topological polar surface area (TPSA) is 23.8 Å². The van der Waals surface area contributed by atoms with Gasteiger partial charge in [0.05, 0.1) is 15.5 Å². The fourth-order valence-electron chi connectivity index (χ4n) is 2.94. The average Bonchev–Trinajstić information content (AvgIpc) is 2.64. The average molecular weight is 312 g/mol. The molecule has 2 aromatic rings. The molecule has 0 amide bonds. The summed E-state index contributed by atoms with van der Waals surface area (Å²) < 4.78 is 0. The van der Waals surface area contributed by atoms with E-state index in [1.165, 1.54) is 11.1 Å². The molecular weight excluding hydrogens is 298 g/mol. The summed E-state index contributed by atoms with van der Waals surface area (Å²) >= 11 is 8.18. The molecule has 0 aliphatic carbocycles. The van der Waals surface area contributed by atoms with Crippen molar-refractivity contribution in [2.24, 2.45) is 5.92 Å². The van der Waals surface area contributed by atoms with E-state index in [4.69, 9.17) is 11.6 Å². The molecule has 0 saturated heterocycles. The van der Waals surface area contributed by atoms with E-state index in [9.17, 15) is 5.26 Å². The van der Waals surface area contributed by atoms with E-state index in [-0.39, 0.29) is 5.92 Å². The van der Waals surface area contributed by atoms with E-state index in [0.717, 1.165) is 16.2 Å². The quantitative estimate of drug-likeness (QED) is 0.722. The van der Waals surface area contributed by atoms with Crippen molar-refractivity contribution in [3.8, 4) is 6.07 Å². The Balaban J connectivity index is 2.26. The van der Waals surface area contributed by atoms with Crippen LogP contribution in [0, 0.1) is 29.4 Å². The maximum Gasteiger partial charge on any atom is 0.101 e. The predicted octanol–water partition coefficient (Wildman–Crippen LogP) is 5.21. The minimum Gasteiger partial charge on any atom is -0.192 e. The minimum absolute atomic E-state index is 0.279. The maximum absolute atomic E-state index is 9.19. The Morgan fingerprint density at radius 2 is 2.14 bits per heavy atom. The summed E-state index contributed by atoms with van der Waals surface area (Å²) in [5.41, 5.74) is 4.16. The lowest BCUT2D eigenvalue weighted by molar-refractivity contribution is 0.556. The Hall–Kier alpha value is -1.61. The van der Waals surface area contributed by atoms with E-state index >= 15 is 0 Å². The van der Waals surface area contributed by atoms with Crippen LogP contribution in [0.2, 0.25) is 5.02 Å². The van der Waals surface area contributed by atoms with Crippen molar-refractivity contribution in [2.45, 2.75) is 30.4 Å². The number of nitriles is 1. The van der Waals surface area contributed by atoms with Gasteiger partial charge in [-0.05, 0) is 40.8 Å². The van der Waals surface area contributed by atoms with Crippen molar-refractivity contribution >= 4 is 23.4 Å². The molecule has 0 radical (unpaired) electrons. The van der Waals surface area contributed by atoms with Crippen LogP contribution in [0.25, 0.3) is 0 Å². The normalized spacial score (nSPS) is 16.4. The summed E-state index contributed by atoms with van der Waals surface area (Å²) in [7, 11) is 0. The van der Waals surface area contributed by atoms with Gasteiger partial charge in [0.15, 0.2) is 0 Å². The molecule has 0 spiro atoms. The first-order valence-electron chi connectivity index (χ1n) is 6.90. The van der Waals surface area contributed by atoms with Crippen LogP contribution in [0.5, 0.6) is 0 Å². The monoisotopic (exact) mass is 311 g/mol. The molecule has 1 aliphatic heterocycles. The number of rotatable bonds is 1. The van der Waals surface area contributed by atoms with Crippen molar-refractivity contribution in [3.05, 3.63) is 63.7 Å². The van der Waals surface area contributed by atoms with Crippen LogP contribution in [0.4, 0.5) is 0 Å². The molecule has 0 bridgehead atoms. The van der Waals surface area contributed by atoms with Crippen molar-refractivity contribution in [2.75, 3.05) is 0 Å². The summed E-state index contributed by atoms with van der Waals surface area (Å²) in [5.74, 6) is 1.50. The maximum atomic E-state index is 9.19. The molecule has 104 valence electrons. The summed E-state index contributed by atoms with van der Waals surface area (Å²) in [5, 5.41) is 9.79. The van der Waals surface area contributed by atoms with E-state index in [0.29, 0.717) is 16.5 Å². The predicted molar refractivity (Wildman–Crippen MR) is 86.5 cm³/mol. The molecule has 0 fully saturated rings. The molecule has 21 heavy (non-hydrogen) atoms. The first-order valence-corrected chi connectivity index (χ1v) is 8.26. The molecule has 3 heteroatoms. The number of thioether (sulfide) groups is 1. The van der Waals surface area contributed by atoms with Crippen LogP contribution in [-0.2, 0) is 5.75 Å². The van der Waals surface area contributed by atoms with Crippen LogP contribution < -0.4 is 0 Å². The van der Waals surface area contributed by atoms with Gasteiger partial charge in [0.1, 0.15) is 6.07 Å². The van der Waals surface area contributed by atoms with Crippen LogP contribution in [0.1, 0.15) is 42.0 Å². The Labute approximate surface area is 134 Å². The van der Waals surface area contributed by atoms with Crippen LogP contribution in [0.3, 0.4) is 0 Å². The van der Waals surface area contributed by atoms with E-state index < -0.39 is 0 Å². The summed E-state index contributed by atoms with van der Waals surface area (Å²) in [6.07, 6.45) is 0. The Bertz CT molecular complexity index is 730. The van der Waals surface area contributed by atoms with Crippen molar-refractivity contribution in [1.29, 1.82) is 5.26 Å². The molecule has 1 nitrogen and oxygen atoms in total. The molecule has 2 aromatic carbocycles. The third-order valence-corrected chi connectivity index (χ3v) is 5.38. The smallest absolute Gasteiger partial charge is 0.101 e. The first kappa shape index (κ1) is 14.3. The van der Waals surface area contributed by atoms with Gasteiger partial charge >= 0.3 is 0 Å². The zero-order valence-corrected chi connectivity index (χ0v) is 13.5. The highest BCUT2D eigenvalue weighted by atomic mass is 35.5. The number of hydrogen-bond acceptors (Lipinski definition) is 2. The summed E-state index contributed by atoms with van der Waals surface area (Å²) in [4.78, 5) is 1.14. The van der Waals surface area contributed by atoms with Gasteiger partial charge < -0.3 is 0 Å². The number of hydrogen-bond donors (Lipinski definition) is 0. The Kier molecular flexibility index (Phi) is 3.85. The Morgan fingerprint density at radius 1 is 1.33 bits per heavy atom. The minimum atomic E-state index is 0.279. The van der Waals surface area contributed by atoms with Crippen LogP contribution in [0.15, 0.2) is 29.2 Å². The van der Waals surface area contributed by atoms with Crippen molar-refractivity contribution in [1.82, 2.24) is 0 Å². The highest BCUT2D eigenvalue weighted by Gasteiger charge is 2.28. The second kappa shape index (κ2) is 5.64. The highest BCUT2D eigenvalue weighted by Crippen LogP contribution is 2.45. The number of benzene rings is 1. The zero-order valence-electron chi connectivity index (χ0n) is 11.9. The van der Waals surface area contributed by atoms with Crippen molar-refractivity contribution in [3.63, 3.8) is 0 Å². The zero-order chi connectivity index (χ0) is 15.0. The van der Waals surface area contributed by atoms with Crippen LogP contribution >= 0.6 is 23.4 Å². The van der Waals surface area contributed by atoms with Gasteiger partial charge in [-0.25, -0.2) is 0 Å². The fourth-order valence-corrected chi connectivity index (χ4v) is 4.39. The SMILES string of the molecule is CC(C)C1c2ccc#cc2SCc2c1ccc(C#N)c2Cl. The number of fused-ring (bicyclic) bond motifs is 2. The van der Waals surface area contributed by atoms with Gasteiger partial charge in [-0.15, -0.1) is 11.8 Å². The molecule has 0 N–H and O–H groups in total. The lowest BCUT2D eigenvalue weighted by atomic mass is 9.80. The second-order valence-corrected chi connectivity index (χ2v) is 6.87. The third kappa shape index (κ3) is 2.40. The Morgan fingerprint density at radius 3 is 2.86 bits per heavy atom. The molecule has 3 rings (SSSR count). The number of nitrogens with zero attached hydrogens (tertiary/aromatic N) is 1.